The van der Waals surface area contributed by atoms with E-state index in [1.807, 2.05) is 11.4 Å². The van der Waals surface area contributed by atoms with E-state index in [1.54, 1.807) is 17.4 Å². The zero-order valence-corrected chi connectivity index (χ0v) is 14.9. The number of carbonyl (C=O) groups excluding carboxylic acids is 1. The zero-order chi connectivity index (χ0) is 17.9. The van der Waals surface area contributed by atoms with Crippen LogP contribution in [0.1, 0.15) is 23.2 Å². The second-order valence-electron chi connectivity index (χ2n) is 6.29. The van der Waals surface area contributed by atoms with Crippen molar-refractivity contribution in [2.45, 2.75) is 18.9 Å². The Morgan fingerprint density at radius 1 is 1.27 bits per heavy atom. The quantitative estimate of drug-likeness (QED) is 0.657. The minimum Gasteiger partial charge on any atom is -0.355 e. The summed E-state index contributed by atoms with van der Waals surface area (Å²) in [4.78, 5) is 29.3. The summed E-state index contributed by atoms with van der Waals surface area (Å²) in [7, 11) is 0. The highest BCUT2D eigenvalue weighted by Gasteiger charge is 2.23. The van der Waals surface area contributed by atoms with E-state index in [-0.39, 0.29) is 17.5 Å². The topological polar surface area (TPSA) is 93.9 Å². The van der Waals surface area contributed by atoms with Gasteiger partial charge in [0.15, 0.2) is 5.82 Å². The first kappa shape index (κ1) is 16.6. The van der Waals surface area contributed by atoms with Crippen LogP contribution >= 0.6 is 11.3 Å². The molecule has 0 atom stereocenters. The predicted octanol–water partition coefficient (Wildman–Crippen LogP) is 2.23. The molecule has 0 bridgehead atoms. The van der Waals surface area contributed by atoms with E-state index < -0.39 is 0 Å². The summed E-state index contributed by atoms with van der Waals surface area (Å²) in [6.45, 7) is 1.68. The lowest BCUT2D eigenvalue weighted by Gasteiger charge is -2.32. The second kappa shape index (κ2) is 7.17. The van der Waals surface area contributed by atoms with E-state index in [0.717, 1.165) is 37.4 Å². The molecule has 26 heavy (non-hydrogen) atoms. The summed E-state index contributed by atoms with van der Waals surface area (Å²) >= 11 is 1.68. The van der Waals surface area contributed by atoms with Crippen LogP contribution in [-0.4, -0.2) is 40.2 Å². The summed E-state index contributed by atoms with van der Waals surface area (Å²) in [5, 5.41) is 12.6. The van der Waals surface area contributed by atoms with Gasteiger partial charge < -0.3 is 15.2 Å². The van der Waals surface area contributed by atoms with Crippen LogP contribution in [0.4, 0.5) is 5.82 Å². The number of aromatic nitrogens is 3. The molecule has 0 radical (unpaired) electrons. The van der Waals surface area contributed by atoms with E-state index in [0.29, 0.717) is 5.56 Å². The van der Waals surface area contributed by atoms with Crippen LogP contribution in [0.2, 0.25) is 0 Å². The standard InChI is InChI=1S/C18H19N5O2S/c24-17-4-3-12(11-19-17)18(25)20-13-5-7-23(8-6-13)16-10-14(21-22-16)15-2-1-9-26-15/h1-4,9-11,13H,5-8H2,(H,19,24)(H,20,25)(H,21,22). The molecule has 0 aliphatic carbocycles. The number of piperidine rings is 1. The van der Waals surface area contributed by atoms with Crippen molar-refractivity contribution in [2.24, 2.45) is 0 Å². The van der Waals surface area contributed by atoms with Gasteiger partial charge in [0.2, 0.25) is 5.56 Å². The van der Waals surface area contributed by atoms with Crippen LogP contribution in [0.15, 0.2) is 46.7 Å². The number of nitrogens with one attached hydrogen (secondary N) is 3. The lowest BCUT2D eigenvalue weighted by Crippen LogP contribution is -2.44. The number of rotatable bonds is 4. The average Bonchev–Trinajstić information content (AvgIpc) is 3.34. The molecule has 1 amide bonds. The Morgan fingerprint density at radius 3 is 2.81 bits per heavy atom. The van der Waals surface area contributed by atoms with Crippen LogP contribution in [0.3, 0.4) is 0 Å². The van der Waals surface area contributed by atoms with E-state index >= 15 is 0 Å². The minimum atomic E-state index is -0.212. The molecule has 3 aromatic heterocycles. The maximum Gasteiger partial charge on any atom is 0.252 e. The Bertz CT molecular complexity index is 918. The van der Waals surface area contributed by atoms with Crippen LogP contribution in [0.25, 0.3) is 10.6 Å². The van der Waals surface area contributed by atoms with Gasteiger partial charge in [0.1, 0.15) is 0 Å². The van der Waals surface area contributed by atoms with E-state index in [1.165, 1.54) is 17.1 Å². The number of pyridine rings is 1. The zero-order valence-electron chi connectivity index (χ0n) is 14.1. The molecule has 0 unspecified atom stereocenters. The van der Waals surface area contributed by atoms with Gasteiger partial charge >= 0.3 is 0 Å². The molecule has 1 fully saturated rings. The molecular formula is C18H19N5O2S. The Balaban J connectivity index is 1.33. The first-order valence-electron chi connectivity index (χ1n) is 8.53. The molecular weight excluding hydrogens is 350 g/mol. The van der Waals surface area contributed by atoms with Crippen molar-refractivity contribution < 1.29 is 4.79 Å². The molecule has 1 saturated heterocycles. The second-order valence-corrected chi connectivity index (χ2v) is 7.24. The Labute approximate surface area is 154 Å². The van der Waals surface area contributed by atoms with Gasteiger partial charge in [-0.05, 0) is 30.4 Å². The highest BCUT2D eigenvalue weighted by Crippen LogP contribution is 2.27. The van der Waals surface area contributed by atoms with Crippen molar-refractivity contribution in [1.29, 1.82) is 0 Å². The lowest BCUT2D eigenvalue weighted by atomic mass is 10.0. The highest BCUT2D eigenvalue weighted by molar-refractivity contribution is 7.13. The SMILES string of the molecule is O=C(NC1CCN(c2cc(-c3cccs3)[nH]n2)CC1)c1ccc(=O)[nH]c1. The number of carbonyl (C=O) groups is 1. The summed E-state index contributed by atoms with van der Waals surface area (Å²) in [5.41, 5.74) is 1.29. The molecule has 3 N–H and O–H groups in total. The monoisotopic (exact) mass is 369 g/mol. The number of hydrogen-bond donors (Lipinski definition) is 3. The fourth-order valence-electron chi connectivity index (χ4n) is 3.10. The number of nitrogens with zero attached hydrogens (tertiary/aromatic N) is 2. The predicted molar refractivity (Wildman–Crippen MR) is 102 cm³/mol. The third-order valence-corrected chi connectivity index (χ3v) is 5.45. The smallest absolute Gasteiger partial charge is 0.252 e. The molecule has 0 aromatic carbocycles. The third-order valence-electron chi connectivity index (χ3n) is 4.55. The van der Waals surface area contributed by atoms with Crippen molar-refractivity contribution in [3.63, 3.8) is 0 Å². The summed E-state index contributed by atoms with van der Waals surface area (Å²) < 4.78 is 0. The van der Waals surface area contributed by atoms with Gasteiger partial charge in [-0.2, -0.15) is 5.10 Å². The number of hydrogen-bond acceptors (Lipinski definition) is 5. The van der Waals surface area contributed by atoms with Crippen molar-refractivity contribution in [3.05, 3.63) is 57.8 Å². The number of aromatic amines is 2. The lowest BCUT2D eigenvalue weighted by molar-refractivity contribution is 0.0930. The maximum atomic E-state index is 12.2. The molecule has 134 valence electrons. The maximum absolute atomic E-state index is 12.2. The molecule has 1 aliphatic rings. The van der Waals surface area contributed by atoms with Crippen LogP contribution in [-0.2, 0) is 0 Å². The molecule has 0 spiro atoms. The minimum absolute atomic E-state index is 0.126. The van der Waals surface area contributed by atoms with Gasteiger partial charge in [-0.25, -0.2) is 0 Å². The molecule has 8 heteroatoms. The largest absolute Gasteiger partial charge is 0.355 e. The van der Waals surface area contributed by atoms with Crippen LogP contribution in [0.5, 0.6) is 0 Å². The van der Waals surface area contributed by atoms with Gasteiger partial charge in [0.25, 0.3) is 5.91 Å². The van der Waals surface area contributed by atoms with E-state index in [9.17, 15) is 9.59 Å². The van der Waals surface area contributed by atoms with Gasteiger partial charge in [0, 0.05) is 37.5 Å². The number of anilines is 1. The van der Waals surface area contributed by atoms with Gasteiger partial charge in [0.05, 0.1) is 16.1 Å². The normalized spacial score (nSPS) is 15.2. The Hall–Kier alpha value is -2.87. The van der Waals surface area contributed by atoms with Crippen molar-refractivity contribution in [3.8, 4) is 10.6 Å². The summed E-state index contributed by atoms with van der Waals surface area (Å²) in [6, 6.07) is 9.20. The molecule has 0 saturated carbocycles. The molecule has 4 rings (SSSR count). The fourth-order valence-corrected chi connectivity index (χ4v) is 3.80. The number of amides is 1. The van der Waals surface area contributed by atoms with Crippen molar-refractivity contribution in [1.82, 2.24) is 20.5 Å². The molecule has 3 aromatic rings. The third kappa shape index (κ3) is 3.55. The van der Waals surface area contributed by atoms with Crippen LogP contribution in [0, 0.1) is 0 Å². The first-order chi connectivity index (χ1) is 12.7. The van der Waals surface area contributed by atoms with Gasteiger partial charge in [-0.15, -0.1) is 11.3 Å². The molecule has 4 heterocycles. The average molecular weight is 369 g/mol. The van der Waals surface area contributed by atoms with Crippen molar-refractivity contribution >= 4 is 23.1 Å². The Morgan fingerprint density at radius 2 is 2.12 bits per heavy atom. The number of thiophene rings is 1. The first-order valence-corrected chi connectivity index (χ1v) is 9.41. The van der Waals surface area contributed by atoms with E-state index in [2.05, 4.69) is 37.5 Å². The summed E-state index contributed by atoms with van der Waals surface area (Å²) in [5.74, 6) is 0.790. The van der Waals surface area contributed by atoms with Gasteiger partial charge in [-0.3, -0.25) is 14.7 Å². The van der Waals surface area contributed by atoms with Crippen LogP contribution < -0.4 is 15.8 Å². The molecule has 7 nitrogen and oxygen atoms in total. The highest BCUT2D eigenvalue weighted by atomic mass is 32.1. The fraction of sp³-hybridized carbons (Fsp3) is 0.278. The van der Waals surface area contributed by atoms with Crippen molar-refractivity contribution in [2.75, 3.05) is 18.0 Å². The van der Waals surface area contributed by atoms with E-state index in [4.69, 9.17) is 0 Å². The number of H-pyrrole nitrogens is 2. The molecule has 1 aliphatic heterocycles. The van der Waals surface area contributed by atoms with Gasteiger partial charge in [-0.1, -0.05) is 6.07 Å². The Kier molecular flexibility index (Phi) is 4.57. The summed E-state index contributed by atoms with van der Waals surface area (Å²) in [6.07, 6.45) is 3.16.